The first-order valence-electron chi connectivity index (χ1n) is 31.3. The number of rotatable bonds is 30. The molecule has 1 unspecified atom stereocenters. The largest absolute Gasteiger partial charge is 0.368 e. The lowest BCUT2D eigenvalue weighted by Crippen LogP contribution is -2.58. The molecule has 482 valence electrons. The highest BCUT2D eigenvalue weighted by molar-refractivity contribution is 8.00. The number of thioether (sulfide) groups is 1. The van der Waals surface area contributed by atoms with Gasteiger partial charge in [0.1, 0.15) is 30.0 Å². The third-order valence-corrected chi connectivity index (χ3v) is 19.3. The molecule has 90 heavy (non-hydrogen) atoms. The number of primary amides is 1. The normalized spacial score (nSPS) is 21.4. The number of carbonyl (C=O) groups is 9. The van der Waals surface area contributed by atoms with Crippen molar-refractivity contribution in [3.05, 3.63) is 117 Å². The first-order valence-corrected chi connectivity index (χ1v) is 32.3. The summed E-state index contributed by atoms with van der Waals surface area (Å²) in [4.78, 5) is 138. The van der Waals surface area contributed by atoms with Gasteiger partial charge >= 0.3 is 6.03 Å². The summed E-state index contributed by atoms with van der Waals surface area (Å²) >= 11 is 1.81. The Labute approximate surface area is 525 Å². The number of aromatic nitrogens is 1. The van der Waals surface area contributed by atoms with Crippen LogP contribution in [-0.4, -0.2) is 166 Å². The van der Waals surface area contributed by atoms with Crippen LogP contribution in [0.25, 0.3) is 16.5 Å². The van der Waals surface area contributed by atoms with Crippen LogP contribution in [-0.2, 0) is 57.6 Å². The minimum absolute atomic E-state index is 0.0246. The molecule has 1 aromatic heterocycles. The molecule has 5 aliphatic rings. The number of fused-ring (bicyclic) bond motifs is 3. The Balaban J connectivity index is 0.749. The summed E-state index contributed by atoms with van der Waals surface area (Å²) in [5.41, 5.74) is 10.7. The number of nitrogens with zero attached hydrogens (tertiary/aromatic N) is 3. The number of nitrogens with two attached hydrogens (primary N) is 1. The molecule has 4 aliphatic heterocycles. The Morgan fingerprint density at radius 2 is 1.50 bits per heavy atom. The molecule has 10 amide bonds. The highest BCUT2D eigenvalue weighted by Crippen LogP contribution is 2.41. The van der Waals surface area contributed by atoms with Gasteiger partial charge in [0.2, 0.25) is 47.3 Å². The second kappa shape index (κ2) is 30.9. The van der Waals surface area contributed by atoms with Gasteiger partial charge in [-0.15, -0.1) is 0 Å². The van der Waals surface area contributed by atoms with Crippen LogP contribution in [0.4, 0.5) is 14.9 Å². The molecule has 0 spiro atoms. The van der Waals surface area contributed by atoms with Crippen molar-refractivity contribution in [3.63, 3.8) is 0 Å². The molecule has 0 radical (unpaired) electrons. The number of urea groups is 1. The summed E-state index contributed by atoms with van der Waals surface area (Å²) in [5, 5.41) is 36.0. The minimum atomic E-state index is -1.25. The lowest BCUT2D eigenvalue weighted by atomic mass is 9.79. The standard InChI is InChI=1S/C64H82FN13O11S/c1-37(79)70-49(61(84)68-27-7-5-13-48(58(66)81)71-55(80)17-4-3-16-54-57-52(36-90-54)74-64(87)75-57)14-6-8-26-67-59(82)40-11-10-28-77(35-40)63(86)51(30-38-18-22-43(65)23-19-38)73-62(85)50(29-39-20-24-44(25-21-39)78(88)89)72-60(83)42-31-46-45-12-9-15-47-56(45)41(33-69-47)32-53(46)76(2)34-42/h9,12,15,18-25,31,33,40,42,48-54,57,69H,3-8,10-11,13-14,16-17,26-30,32,34-36H2,1-2H3,(H2,66,81)(H,67,82)(H,68,84)(H,70,79)(H,71,80)(H,72,83)(H,73,85)(H2,74,75,87)/t40?,42-,48+,49+,50+,51+,52+,53-,54+,57+/m1/s1. The van der Waals surface area contributed by atoms with Crippen molar-refractivity contribution in [2.75, 3.05) is 45.5 Å². The number of non-ortho nitro benzene ring substituents is 1. The fourth-order valence-electron chi connectivity index (χ4n) is 13.0. The lowest BCUT2D eigenvalue weighted by molar-refractivity contribution is -0.384. The highest BCUT2D eigenvalue weighted by Gasteiger charge is 2.43. The van der Waals surface area contributed by atoms with Crippen molar-refractivity contribution in [1.82, 2.24) is 57.3 Å². The Hall–Kier alpha value is -8.39. The van der Waals surface area contributed by atoms with E-state index in [2.05, 4.69) is 52.4 Å². The average molecular weight is 1260 g/mol. The van der Waals surface area contributed by atoms with Crippen LogP contribution >= 0.6 is 11.8 Å². The van der Waals surface area contributed by atoms with Crippen molar-refractivity contribution in [1.29, 1.82) is 0 Å². The molecular formula is C64H82FN13O11S. The molecule has 0 bridgehead atoms. The zero-order valence-corrected chi connectivity index (χ0v) is 51.6. The number of benzene rings is 3. The van der Waals surface area contributed by atoms with Gasteiger partial charge in [-0.1, -0.05) is 48.9 Å². The molecular weight excluding hydrogens is 1180 g/mol. The second-order valence-corrected chi connectivity index (χ2v) is 25.6. The average Bonchev–Trinajstić information content (AvgIpc) is 1.43. The summed E-state index contributed by atoms with van der Waals surface area (Å²) in [5.74, 6) is -4.51. The van der Waals surface area contributed by atoms with Crippen molar-refractivity contribution in [2.24, 2.45) is 17.6 Å². The SMILES string of the molecule is CC(=O)N[C@@H](CCCCNC(=O)C1CCCN(C(=O)[C@H](Cc2ccc(F)cc2)NC(=O)[C@H](Cc2ccc([N+](=O)[O-])cc2)NC(=O)[C@@H]2C=C3c4cccc5[nH]cc(c45)C[C@H]3N(C)C2)C1)C(=O)NCCCC[C@H](NC(=O)CCCC[C@@H]1SC[C@@H]2NC(=O)N[C@@H]21)C(N)=O. The van der Waals surface area contributed by atoms with E-state index in [1.807, 2.05) is 49.3 Å². The third kappa shape index (κ3) is 17.3. The fourth-order valence-corrected chi connectivity index (χ4v) is 14.6. The number of likely N-dealkylation sites (N-methyl/N-ethyl adjacent to an activating group) is 1. The summed E-state index contributed by atoms with van der Waals surface area (Å²) < 4.78 is 14.2. The maximum Gasteiger partial charge on any atom is 0.315 e. The molecule has 26 heteroatoms. The predicted molar refractivity (Wildman–Crippen MR) is 336 cm³/mol. The van der Waals surface area contributed by atoms with Gasteiger partial charge in [-0.3, -0.25) is 53.4 Å². The number of aromatic amines is 1. The van der Waals surface area contributed by atoms with E-state index in [0.29, 0.717) is 62.6 Å². The van der Waals surface area contributed by atoms with Crippen LogP contribution in [0.15, 0.2) is 79.0 Å². The maximum atomic E-state index is 14.8. The minimum Gasteiger partial charge on any atom is -0.368 e. The van der Waals surface area contributed by atoms with Crippen molar-refractivity contribution in [2.45, 2.75) is 151 Å². The molecule has 10 atom stereocenters. The number of nitro benzene ring substituents is 1. The summed E-state index contributed by atoms with van der Waals surface area (Å²) in [7, 11) is 1.96. The number of hydrogen-bond donors (Lipinski definition) is 10. The molecule has 24 nitrogen and oxygen atoms in total. The number of halogens is 1. The van der Waals surface area contributed by atoms with Crippen molar-refractivity contribution >= 4 is 87.2 Å². The van der Waals surface area contributed by atoms with Crippen LogP contribution in [0.1, 0.15) is 106 Å². The first-order chi connectivity index (χ1) is 43.3. The predicted octanol–water partition coefficient (Wildman–Crippen LogP) is 3.55. The summed E-state index contributed by atoms with van der Waals surface area (Å²) in [6.07, 6.45) is 10.5. The highest BCUT2D eigenvalue weighted by atomic mass is 32.2. The van der Waals surface area contributed by atoms with Gasteiger partial charge in [0.05, 0.1) is 28.8 Å². The molecule has 9 rings (SSSR count). The van der Waals surface area contributed by atoms with Gasteiger partial charge in [0, 0.05) is 105 Å². The monoisotopic (exact) mass is 1260 g/mol. The number of nitrogens with one attached hydrogen (secondary N) is 9. The molecule has 3 saturated heterocycles. The maximum absolute atomic E-state index is 14.8. The topological polar surface area (TPSA) is 341 Å². The van der Waals surface area contributed by atoms with E-state index in [1.165, 1.54) is 65.9 Å². The van der Waals surface area contributed by atoms with Gasteiger partial charge in [-0.25, -0.2) is 9.18 Å². The van der Waals surface area contributed by atoms with E-state index < -0.39 is 82.2 Å². The van der Waals surface area contributed by atoms with Gasteiger partial charge in [-0.05, 0) is 124 Å². The van der Waals surface area contributed by atoms with E-state index >= 15 is 0 Å². The van der Waals surface area contributed by atoms with E-state index in [0.717, 1.165) is 47.1 Å². The van der Waals surface area contributed by atoms with Crippen LogP contribution in [0.3, 0.4) is 0 Å². The molecule has 0 saturated carbocycles. The molecule has 4 aromatic rings. The number of nitro groups is 1. The summed E-state index contributed by atoms with van der Waals surface area (Å²) in [6.45, 7) is 2.49. The Bertz CT molecular complexity index is 3330. The van der Waals surface area contributed by atoms with Crippen LogP contribution in [0, 0.1) is 27.8 Å². The van der Waals surface area contributed by atoms with Crippen molar-refractivity contribution in [3.8, 4) is 0 Å². The quantitative estimate of drug-likeness (QED) is 0.0155. The lowest BCUT2D eigenvalue weighted by Gasteiger charge is -2.39. The van der Waals surface area contributed by atoms with Gasteiger partial charge in [0.25, 0.3) is 5.69 Å². The molecule has 1 aliphatic carbocycles. The van der Waals surface area contributed by atoms with Gasteiger partial charge in [0.15, 0.2) is 0 Å². The second-order valence-electron chi connectivity index (χ2n) is 24.4. The van der Waals surface area contributed by atoms with Crippen molar-refractivity contribution < 1.29 is 52.5 Å². The van der Waals surface area contributed by atoms with E-state index in [4.69, 9.17) is 5.73 Å². The number of unbranched alkanes of at least 4 members (excludes halogenated alkanes) is 3. The molecule has 11 N–H and O–H groups in total. The third-order valence-electron chi connectivity index (χ3n) is 17.8. The molecule has 5 heterocycles. The summed E-state index contributed by atoms with van der Waals surface area (Å²) in [6, 6.07) is 13.2. The number of hydrogen-bond acceptors (Lipinski definition) is 13. The number of H-pyrrole nitrogens is 1. The zero-order valence-electron chi connectivity index (χ0n) is 50.8. The smallest absolute Gasteiger partial charge is 0.315 e. The van der Waals surface area contributed by atoms with E-state index in [1.54, 1.807) is 0 Å². The number of carbonyl (C=O) groups excluding carboxylic acids is 9. The molecule has 3 fully saturated rings. The number of piperidine rings is 1. The molecule has 3 aromatic carbocycles. The Kier molecular flexibility index (Phi) is 22.7. The Morgan fingerprint density at radius 3 is 2.22 bits per heavy atom. The number of amides is 10. The van der Waals surface area contributed by atoms with Crippen LogP contribution in [0.2, 0.25) is 0 Å². The van der Waals surface area contributed by atoms with E-state index in [9.17, 15) is 57.7 Å². The fraction of sp³-hybridized carbons (Fsp3) is 0.516. The first kappa shape index (κ1) is 66.0. The van der Waals surface area contributed by atoms with E-state index in [-0.39, 0.29) is 105 Å². The van der Waals surface area contributed by atoms with Crippen LogP contribution in [0.5, 0.6) is 0 Å². The zero-order chi connectivity index (χ0) is 64.0. The van der Waals surface area contributed by atoms with Gasteiger partial charge in [-0.2, -0.15) is 11.8 Å². The Morgan fingerprint density at radius 1 is 0.789 bits per heavy atom. The van der Waals surface area contributed by atoms with Gasteiger partial charge < -0.3 is 58.2 Å². The number of likely N-dealkylation sites (tertiary alicyclic amines) is 1. The van der Waals surface area contributed by atoms with Crippen LogP contribution < -0.4 is 48.3 Å².